The van der Waals surface area contributed by atoms with Gasteiger partial charge < -0.3 is 15.0 Å². The van der Waals surface area contributed by atoms with Crippen LogP contribution in [0, 0.1) is 0 Å². The van der Waals surface area contributed by atoms with Gasteiger partial charge in [-0.1, -0.05) is 6.92 Å². The zero-order chi connectivity index (χ0) is 11.8. The monoisotopic (exact) mass is 216 g/mol. The predicted octanol–water partition coefficient (Wildman–Crippen LogP) is 0.868. The quantitative estimate of drug-likeness (QED) is 0.686. The average Bonchev–Trinajstić information content (AvgIpc) is 2.27. The maximum Gasteiger partial charge on any atom is 0.239 e. The van der Waals surface area contributed by atoms with E-state index in [0.29, 0.717) is 13.2 Å². The zero-order valence-corrected chi connectivity index (χ0v) is 10.5. The van der Waals surface area contributed by atoms with Gasteiger partial charge in [0.25, 0.3) is 0 Å². The molecule has 2 unspecified atom stereocenters. The summed E-state index contributed by atoms with van der Waals surface area (Å²) in [6.45, 7) is 7.28. The van der Waals surface area contributed by atoms with Crippen molar-refractivity contribution in [3.05, 3.63) is 0 Å². The molecule has 2 atom stereocenters. The first kappa shape index (κ1) is 14.4. The molecule has 90 valence electrons. The molecule has 0 saturated carbocycles. The first-order valence-electron chi connectivity index (χ1n) is 5.55. The molecule has 0 aliphatic heterocycles. The van der Waals surface area contributed by atoms with Crippen molar-refractivity contribution in [2.75, 3.05) is 27.3 Å². The molecule has 1 amide bonds. The van der Waals surface area contributed by atoms with Gasteiger partial charge in [0.2, 0.25) is 5.91 Å². The third-order valence-corrected chi connectivity index (χ3v) is 2.75. The maximum atomic E-state index is 12.0. The fraction of sp³-hybridized carbons (Fsp3) is 0.909. The first-order valence-corrected chi connectivity index (χ1v) is 5.55. The minimum absolute atomic E-state index is 0.129. The molecular formula is C11H24N2O2. The van der Waals surface area contributed by atoms with E-state index in [0.717, 1.165) is 6.42 Å². The number of hydrogen-bond acceptors (Lipinski definition) is 3. The molecule has 4 nitrogen and oxygen atoms in total. The summed E-state index contributed by atoms with van der Waals surface area (Å²) in [5.41, 5.74) is 0. The molecule has 1 N–H and O–H groups in total. The van der Waals surface area contributed by atoms with E-state index in [4.69, 9.17) is 4.74 Å². The molecule has 0 spiro atoms. The fourth-order valence-electron chi connectivity index (χ4n) is 1.33. The second-order valence-corrected chi connectivity index (χ2v) is 3.79. The number of carbonyl (C=O) groups excluding carboxylic acids is 1. The smallest absolute Gasteiger partial charge is 0.239 e. The Hall–Kier alpha value is -0.610. The van der Waals surface area contributed by atoms with Crippen LogP contribution in [-0.4, -0.2) is 50.2 Å². The van der Waals surface area contributed by atoms with Gasteiger partial charge in [-0.3, -0.25) is 4.79 Å². The van der Waals surface area contributed by atoms with Crippen LogP contribution in [0.3, 0.4) is 0 Å². The van der Waals surface area contributed by atoms with E-state index < -0.39 is 0 Å². The van der Waals surface area contributed by atoms with E-state index in [1.54, 1.807) is 14.2 Å². The summed E-state index contributed by atoms with van der Waals surface area (Å²) in [6, 6.07) is 0.138. The molecule has 0 fully saturated rings. The van der Waals surface area contributed by atoms with Crippen molar-refractivity contribution in [3.63, 3.8) is 0 Å². The van der Waals surface area contributed by atoms with Gasteiger partial charge >= 0.3 is 0 Å². The SMILES string of the molecule is CCC(C)N(CCOC)C(=O)C(C)NC. The van der Waals surface area contributed by atoms with Crippen molar-refractivity contribution >= 4 is 5.91 Å². The Morgan fingerprint density at radius 1 is 1.47 bits per heavy atom. The highest BCUT2D eigenvalue weighted by atomic mass is 16.5. The van der Waals surface area contributed by atoms with Crippen molar-refractivity contribution < 1.29 is 9.53 Å². The third kappa shape index (κ3) is 4.62. The number of rotatable bonds is 7. The minimum Gasteiger partial charge on any atom is -0.383 e. The van der Waals surface area contributed by atoms with E-state index >= 15 is 0 Å². The lowest BCUT2D eigenvalue weighted by atomic mass is 10.2. The number of carbonyl (C=O) groups is 1. The predicted molar refractivity (Wildman–Crippen MR) is 61.9 cm³/mol. The van der Waals surface area contributed by atoms with Crippen LogP contribution in [-0.2, 0) is 9.53 Å². The zero-order valence-electron chi connectivity index (χ0n) is 10.5. The van der Waals surface area contributed by atoms with Crippen LogP contribution in [0.1, 0.15) is 27.2 Å². The van der Waals surface area contributed by atoms with Crippen molar-refractivity contribution in [3.8, 4) is 0 Å². The molecule has 0 radical (unpaired) electrons. The van der Waals surface area contributed by atoms with E-state index in [2.05, 4.69) is 19.2 Å². The number of amides is 1. The van der Waals surface area contributed by atoms with Crippen LogP contribution in [0.25, 0.3) is 0 Å². The second-order valence-electron chi connectivity index (χ2n) is 3.79. The third-order valence-electron chi connectivity index (χ3n) is 2.75. The van der Waals surface area contributed by atoms with Gasteiger partial charge in [-0.2, -0.15) is 0 Å². The number of likely N-dealkylation sites (N-methyl/N-ethyl adjacent to an activating group) is 1. The Kier molecular flexibility index (Phi) is 7.34. The summed E-state index contributed by atoms with van der Waals surface area (Å²) in [4.78, 5) is 13.9. The molecule has 4 heteroatoms. The molecular weight excluding hydrogens is 192 g/mol. The molecule has 0 aliphatic carbocycles. The maximum absolute atomic E-state index is 12.0. The number of ether oxygens (including phenoxy) is 1. The molecule has 0 aliphatic rings. The van der Waals surface area contributed by atoms with Gasteiger partial charge in [-0.25, -0.2) is 0 Å². The Bertz CT molecular complexity index is 185. The highest BCUT2D eigenvalue weighted by Crippen LogP contribution is 2.05. The van der Waals surface area contributed by atoms with Gasteiger partial charge in [0.15, 0.2) is 0 Å². The Morgan fingerprint density at radius 2 is 2.07 bits per heavy atom. The summed E-state index contributed by atoms with van der Waals surface area (Å²) in [5, 5.41) is 2.97. The van der Waals surface area contributed by atoms with Gasteiger partial charge in [0.1, 0.15) is 0 Å². The van der Waals surface area contributed by atoms with Crippen LogP contribution >= 0.6 is 0 Å². The Morgan fingerprint density at radius 3 is 2.47 bits per heavy atom. The molecule has 0 aromatic heterocycles. The molecule has 0 bridgehead atoms. The molecule has 0 rings (SSSR count). The first-order chi connectivity index (χ1) is 7.08. The van der Waals surface area contributed by atoms with Crippen molar-refractivity contribution in [2.24, 2.45) is 0 Å². The average molecular weight is 216 g/mol. The largest absolute Gasteiger partial charge is 0.383 e. The van der Waals surface area contributed by atoms with Crippen LogP contribution in [0.15, 0.2) is 0 Å². The topological polar surface area (TPSA) is 41.6 Å². The van der Waals surface area contributed by atoms with E-state index in [1.807, 2.05) is 11.8 Å². The normalized spacial score (nSPS) is 14.7. The minimum atomic E-state index is -0.129. The highest BCUT2D eigenvalue weighted by Gasteiger charge is 2.22. The number of nitrogens with one attached hydrogen (secondary N) is 1. The van der Waals surface area contributed by atoms with Crippen molar-refractivity contribution in [1.29, 1.82) is 0 Å². The summed E-state index contributed by atoms with van der Waals surface area (Å²) in [7, 11) is 3.45. The molecule has 0 aromatic carbocycles. The van der Waals surface area contributed by atoms with Crippen molar-refractivity contribution in [1.82, 2.24) is 10.2 Å². The molecule has 0 saturated heterocycles. The lowest BCUT2D eigenvalue weighted by Gasteiger charge is -2.30. The Balaban J connectivity index is 4.39. The van der Waals surface area contributed by atoms with Gasteiger partial charge in [0, 0.05) is 19.7 Å². The van der Waals surface area contributed by atoms with Crippen LogP contribution < -0.4 is 5.32 Å². The number of hydrogen-bond donors (Lipinski definition) is 1. The molecule has 0 aromatic rings. The Labute approximate surface area is 93.0 Å². The van der Waals surface area contributed by atoms with E-state index in [-0.39, 0.29) is 18.0 Å². The highest BCUT2D eigenvalue weighted by molar-refractivity contribution is 5.81. The van der Waals surface area contributed by atoms with Crippen LogP contribution in [0.5, 0.6) is 0 Å². The summed E-state index contributed by atoms with van der Waals surface area (Å²) >= 11 is 0. The lowest BCUT2D eigenvalue weighted by molar-refractivity contribution is -0.135. The molecule has 0 heterocycles. The van der Waals surface area contributed by atoms with E-state index in [1.165, 1.54) is 0 Å². The van der Waals surface area contributed by atoms with E-state index in [9.17, 15) is 4.79 Å². The second kappa shape index (κ2) is 7.65. The summed E-state index contributed by atoms with van der Waals surface area (Å²) in [5.74, 6) is 0.143. The summed E-state index contributed by atoms with van der Waals surface area (Å²) < 4.78 is 5.02. The molecule has 15 heavy (non-hydrogen) atoms. The van der Waals surface area contributed by atoms with Crippen molar-refractivity contribution in [2.45, 2.75) is 39.3 Å². The number of methoxy groups -OCH3 is 1. The number of nitrogens with zero attached hydrogens (tertiary/aromatic N) is 1. The van der Waals surface area contributed by atoms with Crippen LogP contribution in [0.4, 0.5) is 0 Å². The lowest BCUT2D eigenvalue weighted by Crippen LogP contribution is -2.48. The fourth-order valence-corrected chi connectivity index (χ4v) is 1.33. The van der Waals surface area contributed by atoms with Gasteiger partial charge in [0.05, 0.1) is 12.6 Å². The van der Waals surface area contributed by atoms with Crippen LogP contribution in [0.2, 0.25) is 0 Å². The van der Waals surface area contributed by atoms with Gasteiger partial charge in [-0.15, -0.1) is 0 Å². The summed E-state index contributed by atoms with van der Waals surface area (Å²) in [6.07, 6.45) is 0.964. The van der Waals surface area contributed by atoms with Gasteiger partial charge in [-0.05, 0) is 27.3 Å². The standard InChI is InChI=1S/C11H24N2O2/c1-6-9(2)13(7-8-15-5)11(14)10(3)12-4/h9-10,12H,6-8H2,1-5H3.